The Bertz CT molecular complexity index is 1310. The first-order valence-electron chi connectivity index (χ1n) is 15.6. The van der Waals surface area contributed by atoms with Crippen LogP contribution in [0.1, 0.15) is 63.7 Å². The lowest BCUT2D eigenvalue weighted by molar-refractivity contribution is -0.129. The number of amides is 4. The van der Waals surface area contributed by atoms with Gasteiger partial charge in [-0.05, 0) is 75.9 Å². The van der Waals surface area contributed by atoms with E-state index in [1.807, 2.05) is 27.7 Å². The summed E-state index contributed by atoms with van der Waals surface area (Å²) in [6.07, 6.45) is 6.30. The molecule has 238 valence electrons. The summed E-state index contributed by atoms with van der Waals surface area (Å²) < 4.78 is 0. The van der Waals surface area contributed by atoms with Gasteiger partial charge in [0.05, 0.1) is 22.2 Å². The van der Waals surface area contributed by atoms with E-state index in [0.717, 1.165) is 32.5 Å². The van der Waals surface area contributed by atoms with Gasteiger partial charge in [0, 0.05) is 43.8 Å². The molecule has 0 radical (unpaired) electrons. The number of hydrogen-bond donors (Lipinski definition) is 4. The van der Waals surface area contributed by atoms with Gasteiger partial charge >= 0.3 is 0 Å². The Morgan fingerprint density at radius 2 is 1.89 bits per heavy atom. The Kier molecular flexibility index (Phi) is 11.3. The van der Waals surface area contributed by atoms with Gasteiger partial charge < -0.3 is 31.1 Å². The number of thioether (sulfide) groups is 1. The third-order valence-corrected chi connectivity index (χ3v) is 9.40. The molecule has 1 saturated carbocycles. The summed E-state index contributed by atoms with van der Waals surface area (Å²) in [6.45, 7) is 11.9. The maximum Gasteiger partial charge on any atom is 0.261 e. The fourth-order valence-corrected chi connectivity index (χ4v) is 6.44. The van der Waals surface area contributed by atoms with Crippen molar-refractivity contribution in [2.24, 2.45) is 17.3 Å². The van der Waals surface area contributed by atoms with Crippen LogP contribution in [0.15, 0.2) is 29.2 Å². The largest absolute Gasteiger partial charge is 0.381 e. The molecule has 2 heterocycles. The third kappa shape index (κ3) is 8.76. The van der Waals surface area contributed by atoms with Crippen molar-refractivity contribution in [1.29, 1.82) is 5.26 Å². The van der Waals surface area contributed by atoms with Crippen LogP contribution in [-0.2, 0) is 14.4 Å². The zero-order valence-corrected chi connectivity index (χ0v) is 27.0. The van der Waals surface area contributed by atoms with E-state index in [1.54, 1.807) is 29.2 Å². The fraction of sp³-hybridized carbons (Fsp3) is 0.594. The number of nitriles is 1. The summed E-state index contributed by atoms with van der Waals surface area (Å²) in [7, 11) is 0. The number of likely N-dealkylation sites (N-methyl/N-ethyl adjacent to an activating group) is 1. The molecule has 2 aliphatic heterocycles. The van der Waals surface area contributed by atoms with E-state index in [9.17, 15) is 24.4 Å². The highest BCUT2D eigenvalue weighted by Crippen LogP contribution is 2.39. The van der Waals surface area contributed by atoms with Crippen LogP contribution in [0.3, 0.4) is 0 Å². The van der Waals surface area contributed by atoms with Crippen molar-refractivity contribution < 1.29 is 19.2 Å². The van der Waals surface area contributed by atoms with Crippen molar-refractivity contribution in [3.05, 3.63) is 34.7 Å². The highest BCUT2D eigenvalue weighted by Gasteiger charge is 2.43. The molecular formula is C32H45N7O4S. The standard InChI is InChI=1S/C32H45N7O4S/c1-5-39-29(42)26(44-30(39)24(19-33)28(41)36-20-21-8-9-21)12-13-34-22-10-11-23(25(18-22)37-31(43)32(2,3)4)27(40)35-14-17-38-15-6-7-16-38/h10-12,18,21,24,30,34H,5-9,13-17,20H2,1-4H3,(H,35,40)(H,36,41)(H,37,43). The van der Waals surface area contributed by atoms with Crippen LogP contribution in [0, 0.1) is 28.6 Å². The molecule has 2 atom stereocenters. The van der Waals surface area contributed by atoms with Crippen LogP contribution in [-0.4, -0.2) is 84.6 Å². The number of hydrogen-bond acceptors (Lipinski definition) is 8. The van der Waals surface area contributed by atoms with Crippen molar-refractivity contribution in [1.82, 2.24) is 20.4 Å². The molecule has 2 unspecified atom stereocenters. The lowest BCUT2D eigenvalue weighted by atomic mass is 9.95. The molecule has 11 nitrogen and oxygen atoms in total. The summed E-state index contributed by atoms with van der Waals surface area (Å²) in [5.74, 6) is -1.50. The number of carbonyl (C=O) groups is 4. The Morgan fingerprint density at radius 3 is 2.52 bits per heavy atom. The minimum atomic E-state index is -0.968. The number of nitrogens with zero attached hydrogens (tertiary/aromatic N) is 3. The Balaban J connectivity index is 1.42. The van der Waals surface area contributed by atoms with Gasteiger partial charge in [-0.2, -0.15) is 5.26 Å². The molecule has 4 N–H and O–H groups in total. The molecule has 44 heavy (non-hydrogen) atoms. The molecule has 12 heteroatoms. The van der Waals surface area contributed by atoms with Crippen LogP contribution in [0.2, 0.25) is 0 Å². The Labute approximate surface area is 264 Å². The van der Waals surface area contributed by atoms with E-state index in [2.05, 4.69) is 32.2 Å². The average molecular weight is 624 g/mol. The van der Waals surface area contributed by atoms with E-state index in [0.29, 0.717) is 47.4 Å². The van der Waals surface area contributed by atoms with Gasteiger partial charge in [-0.25, -0.2) is 0 Å². The minimum absolute atomic E-state index is 0.210. The zero-order chi connectivity index (χ0) is 31.9. The normalized spacial score (nSPS) is 20.3. The summed E-state index contributed by atoms with van der Waals surface area (Å²) in [5.41, 5.74) is 0.778. The molecule has 1 aliphatic carbocycles. The van der Waals surface area contributed by atoms with Crippen LogP contribution in [0.5, 0.6) is 0 Å². The quantitative estimate of drug-likeness (QED) is 0.245. The summed E-state index contributed by atoms with van der Waals surface area (Å²) in [6, 6.07) is 7.28. The number of benzene rings is 1. The third-order valence-electron chi connectivity index (χ3n) is 8.04. The summed E-state index contributed by atoms with van der Waals surface area (Å²) >= 11 is 1.24. The molecule has 3 fully saturated rings. The van der Waals surface area contributed by atoms with Crippen molar-refractivity contribution in [3.8, 4) is 6.07 Å². The molecule has 4 amide bonds. The number of rotatable bonds is 13. The topological polar surface area (TPSA) is 147 Å². The van der Waals surface area contributed by atoms with E-state index in [-0.39, 0.29) is 30.2 Å². The van der Waals surface area contributed by atoms with Crippen molar-refractivity contribution >= 4 is 46.8 Å². The molecule has 1 aromatic rings. The fourth-order valence-electron chi connectivity index (χ4n) is 5.09. The van der Waals surface area contributed by atoms with Gasteiger partial charge in [0.15, 0.2) is 5.92 Å². The lowest BCUT2D eigenvalue weighted by Crippen LogP contribution is -2.44. The first kappa shape index (κ1) is 33.3. The van der Waals surface area contributed by atoms with Gasteiger partial charge in [-0.3, -0.25) is 19.2 Å². The zero-order valence-electron chi connectivity index (χ0n) is 26.2. The first-order chi connectivity index (χ1) is 21.0. The maximum atomic E-state index is 13.1. The molecule has 0 aromatic heterocycles. The second kappa shape index (κ2) is 14.9. The van der Waals surface area contributed by atoms with Crippen molar-refractivity contribution in [3.63, 3.8) is 0 Å². The second-order valence-electron chi connectivity index (χ2n) is 12.6. The molecule has 3 aliphatic rings. The molecule has 2 saturated heterocycles. The van der Waals surface area contributed by atoms with E-state index in [1.165, 1.54) is 24.6 Å². The van der Waals surface area contributed by atoms with Gasteiger partial charge in [-0.1, -0.05) is 32.5 Å². The number of likely N-dealkylation sites (tertiary alicyclic amines) is 1. The lowest BCUT2D eigenvalue weighted by Gasteiger charge is -2.24. The number of nitrogens with one attached hydrogen (secondary N) is 4. The van der Waals surface area contributed by atoms with Gasteiger partial charge in [0.2, 0.25) is 11.8 Å². The van der Waals surface area contributed by atoms with Gasteiger partial charge in [0.1, 0.15) is 5.37 Å². The van der Waals surface area contributed by atoms with E-state index in [4.69, 9.17) is 0 Å². The van der Waals surface area contributed by atoms with Crippen LogP contribution in [0.25, 0.3) is 0 Å². The number of carbonyl (C=O) groups excluding carboxylic acids is 4. The molecule has 1 aromatic carbocycles. The predicted molar refractivity (Wildman–Crippen MR) is 173 cm³/mol. The highest BCUT2D eigenvalue weighted by molar-refractivity contribution is 8.05. The second-order valence-corrected chi connectivity index (χ2v) is 13.8. The molecule has 0 bridgehead atoms. The summed E-state index contributed by atoms with van der Waals surface area (Å²) in [4.78, 5) is 56.2. The van der Waals surface area contributed by atoms with Crippen LogP contribution < -0.4 is 21.3 Å². The Morgan fingerprint density at radius 1 is 1.16 bits per heavy atom. The first-order valence-corrected chi connectivity index (χ1v) is 16.4. The Hall–Kier alpha value is -3.56. The molecule has 4 rings (SSSR count). The SMILES string of the molecule is CCN1C(=O)C(=CCNc2ccc(C(=O)NCCN3CCCC3)c(NC(=O)C(C)(C)C)c2)SC1C(C#N)C(=O)NCC1CC1. The predicted octanol–water partition coefficient (Wildman–Crippen LogP) is 3.38. The van der Waals surface area contributed by atoms with Crippen molar-refractivity contribution in [2.45, 2.75) is 58.8 Å². The molecular weight excluding hydrogens is 578 g/mol. The van der Waals surface area contributed by atoms with Crippen molar-refractivity contribution in [2.75, 3.05) is 56.4 Å². The smallest absolute Gasteiger partial charge is 0.261 e. The van der Waals surface area contributed by atoms with E-state index < -0.39 is 16.7 Å². The number of anilines is 2. The van der Waals surface area contributed by atoms with Gasteiger partial charge in [-0.15, -0.1) is 0 Å². The maximum absolute atomic E-state index is 13.1. The summed E-state index contributed by atoms with van der Waals surface area (Å²) in [5, 5.41) is 21.2. The highest BCUT2D eigenvalue weighted by atomic mass is 32.2. The van der Waals surface area contributed by atoms with Crippen LogP contribution >= 0.6 is 11.8 Å². The minimum Gasteiger partial charge on any atom is -0.381 e. The monoisotopic (exact) mass is 623 g/mol. The van der Waals surface area contributed by atoms with E-state index >= 15 is 0 Å². The van der Waals surface area contributed by atoms with Crippen LogP contribution in [0.4, 0.5) is 11.4 Å². The molecule has 0 spiro atoms. The van der Waals surface area contributed by atoms with Gasteiger partial charge in [0.25, 0.3) is 11.8 Å². The average Bonchev–Trinajstić information content (AvgIpc) is 3.57.